The Morgan fingerprint density at radius 3 is 2.92 bits per heavy atom. The highest BCUT2D eigenvalue weighted by molar-refractivity contribution is 5.78. The zero-order valence-corrected chi connectivity index (χ0v) is 14.3. The van der Waals surface area contributed by atoms with Crippen molar-refractivity contribution < 1.29 is 4.74 Å². The molecule has 3 aromatic rings. The lowest BCUT2D eigenvalue weighted by atomic mass is 9.98. The molecule has 1 fully saturated rings. The van der Waals surface area contributed by atoms with Crippen LogP contribution in [0.5, 0.6) is 5.75 Å². The Labute approximate surface area is 142 Å². The number of likely N-dealkylation sites (tertiary alicyclic amines) is 1. The minimum absolute atomic E-state index is 0.484. The summed E-state index contributed by atoms with van der Waals surface area (Å²) in [6.07, 6.45) is 4.57. The molecular weight excluding hydrogens is 298 g/mol. The van der Waals surface area contributed by atoms with Crippen molar-refractivity contribution in [1.82, 2.24) is 14.3 Å². The first-order valence-electron chi connectivity index (χ1n) is 8.56. The first-order valence-corrected chi connectivity index (χ1v) is 8.56. The quantitative estimate of drug-likeness (QED) is 0.734. The van der Waals surface area contributed by atoms with Crippen LogP contribution in [-0.2, 0) is 0 Å². The number of pyridine rings is 1. The number of methoxy groups -OCH3 is 1. The molecule has 2 aromatic heterocycles. The summed E-state index contributed by atoms with van der Waals surface area (Å²) in [6.45, 7) is 2.26. The van der Waals surface area contributed by atoms with E-state index >= 15 is 0 Å². The van der Waals surface area contributed by atoms with Crippen LogP contribution in [0.4, 0.5) is 0 Å². The molecule has 1 aliphatic rings. The number of ether oxygens (including phenoxy) is 1. The molecule has 3 heterocycles. The van der Waals surface area contributed by atoms with E-state index in [0.29, 0.717) is 5.92 Å². The fourth-order valence-electron chi connectivity index (χ4n) is 3.71. The van der Waals surface area contributed by atoms with Crippen LogP contribution in [0.15, 0.2) is 48.7 Å². The Hall–Kier alpha value is -2.33. The summed E-state index contributed by atoms with van der Waals surface area (Å²) in [6, 6.07) is 14.5. The van der Waals surface area contributed by atoms with Crippen LogP contribution >= 0.6 is 0 Å². The zero-order chi connectivity index (χ0) is 16.5. The Balaban J connectivity index is 1.84. The van der Waals surface area contributed by atoms with Crippen molar-refractivity contribution in [1.29, 1.82) is 0 Å². The number of fused-ring (bicyclic) bond motifs is 1. The number of imidazole rings is 1. The molecule has 4 heteroatoms. The number of rotatable bonds is 3. The molecule has 1 aliphatic heterocycles. The average molecular weight is 321 g/mol. The van der Waals surface area contributed by atoms with Crippen LogP contribution < -0.4 is 4.74 Å². The van der Waals surface area contributed by atoms with E-state index in [1.54, 1.807) is 7.11 Å². The van der Waals surface area contributed by atoms with Crippen molar-refractivity contribution in [3.05, 3.63) is 54.5 Å². The summed E-state index contributed by atoms with van der Waals surface area (Å²) in [7, 11) is 3.90. The van der Waals surface area contributed by atoms with Gasteiger partial charge in [0.15, 0.2) is 0 Å². The van der Waals surface area contributed by atoms with Gasteiger partial charge in [-0.2, -0.15) is 0 Å². The number of hydrogen-bond donors (Lipinski definition) is 0. The summed E-state index contributed by atoms with van der Waals surface area (Å²) < 4.78 is 7.65. The summed E-state index contributed by atoms with van der Waals surface area (Å²) >= 11 is 0. The molecule has 4 rings (SSSR count). The standard InChI is InChI=1S/C20H23N3O/c1-22-11-6-8-16(14-22)20-21-19(18-10-3-4-12-23(18)20)15-7-5-9-17(13-15)24-2/h3-5,7,9-10,12-13,16H,6,8,11,14H2,1-2H3. The second-order valence-electron chi connectivity index (χ2n) is 6.61. The van der Waals surface area contributed by atoms with Gasteiger partial charge in [-0.15, -0.1) is 0 Å². The normalized spacial score (nSPS) is 18.8. The first-order chi connectivity index (χ1) is 11.8. The number of aromatic nitrogens is 2. The maximum Gasteiger partial charge on any atom is 0.119 e. The molecule has 1 saturated heterocycles. The van der Waals surface area contributed by atoms with Crippen LogP contribution in [0.1, 0.15) is 24.6 Å². The van der Waals surface area contributed by atoms with E-state index in [1.807, 2.05) is 12.1 Å². The van der Waals surface area contributed by atoms with Gasteiger partial charge in [0, 0.05) is 24.2 Å². The van der Waals surface area contributed by atoms with E-state index < -0.39 is 0 Å². The third kappa shape index (κ3) is 2.67. The maximum atomic E-state index is 5.38. The van der Waals surface area contributed by atoms with Gasteiger partial charge in [0.25, 0.3) is 0 Å². The minimum Gasteiger partial charge on any atom is -0.497 e. The molecular formula is C20H23N3O. The highest BCUT2D eigenvalue weighted by Crippen LogP contribution is 2.32. The van der Waals surface area contributed by atoms with Crippen molar-refractivity contribution in [2.24, 2.45) is 0 Å². The number of piperidine rings is 1. The van der Waals surface area contributed by atoms with Gasteiger partial charge in [0.05, 0.1) is 18.3 Å². The molecule has 0 N–H and O–H groups in total. The molecule has 0 spiro atoms. The number of likely N-dealkylation sites (N-methyl/N-ethyl adjacent to an activating group) is 1. The number of hydrogen-bond acceptors (Lipinski definition) is 3. The smallest absolute Gasteiger partial charge is 0.119 e. The molecule has 0 bridgehead atoms. The molecule has 1 unspecified atom stereocenters. The molecule has 1 aromatic carbocycles. The van der Waals surface area contributed by atoms with Gasteiger partial charge in [-0.1, -0.05) is 18.2 Å². The highest BCUT2D eigenvalue weighted by Gasteiger charge is 2.24. The maximum absolute atomic E-state index is 5.38. The van der Waals surface area contributed by atoms with Crippen LogP contribution in [0, 0.1) is 0 Å². The predicted octanol–water partition coefficient (Wildman–Crippen LogP) is 3.82. The fraction of sp³-hybridized carbons (Fsp3) is 0.350. The number of benzene rings is 1. The van der Waals surface area contributed by atoms with Crippen molar-refractivity contribution >= 4 is 5.52 Å². The molecule has 0 amide bonds. The van der Waals surface area contributed by atoms with Crippen LogP contribution in [0.2, 0.25) is 0 Å². The monoisotopic (exact) mass is 321 g/mol. The van der Waals surface area contributed by atoms with Crippen LogP contribution in [0.3, 0.4) is 0 Å². The van der Waals surface area contributed by atoms with Crippen molar-refractivity contribution in [2.45, 2.75) is 18.8 Å². The van der Waals surface area contributed by atoms with E-state index in [1.165, 1.54) is 25.2 Å². The van der Waals surface area contributed by atoms with Gasteiger partial charge < -0.3 is 14.0 Å². The van der Waals surface area contributed by atoms with Crippen molar-refractivity contribution in [3.63, 3.8) is 0 Å². The fourth-order valence-corrected chi connectivity index (χ4v) is 3.71. The molecule has 0 aliphatic carbocycles. The zero-order valence-electron chi connectivity index (χ0n) is 14.3. The van der Waals surface area contributed by atoms with Gasteiger partial charge in [0.2, 0.25) is 0 Å². The molecule has 0 radical (unpaired) electrons. The van der Waals surface area contributed by atoms with E-state index in [-0.39, 0.29) is 0 Å². The largest absolute Gasteiger partial charge is 0.497 e. The summed E-state index contributed by atoms with van der Waals surface area (Å²) in [4.78, 5) is 7.48. The van der Waals surface area contributed by atoms with E-state index in [2.05, 4.69) is 52.9 Å². The molecule has 4 nitrogen and oxygen atoms in total. The molecule has 124 valence electrons. The van der Waals surface area contributed by atoms with E-state index in [0.717, 1.165) is 29.1 Å². The third-order valence-electron chi connectivity index (χ3n) is 4.91. The average Bonchev–Trinajstić information content (AvgIpc) is 3.01. The van der Waals surface area contributed by atoms with Crippen LogP contribution in [-0.4, -0.2) is 41.5 Å². The van der Waals surface area contributed by atoms with Gasteiger partial charge >= 0.3 is 0 Å². The lowest BCUT2D eigenvalue weighted by Crippen LogP contribution is -2.31. The Kier molecular flexibility index (Phi) is 3.98. The van der Waals surface area contributed by atoms with Gasteiger partial charge in [-0.05, 0) is 50.7 Å². The van der Waals surface area contributed by atoms with E-state index in [9.17, 15) is 0 Å². The number of nitrogens with zero attached hydrogens (tertiary/aromatic N) is 3. The Bertz CT molecular complexity index is 855. The lowest BCUT2D eigenvalue weighted by molar-refractivity contribution is 0.245. The SMILES string of the molecule is COc1cccc(-c2nc(C3CCCN(C)C3)n3ccccc23)c1. The van der Waals surface area contributed by atoms with Crippen LogP contribution in [0.25, 0.3) is 16.8 Å². The topological polar surface area (TPSA) is 29.8 Å². The van der Waals surface area contributed by atoms with Gasteiger partial charge in [-0.25, -0.2) is 4.98 Å². The van der Waals surface area contributed by atoms with Gasteiger partial charge in [0.1, 0.15) is 11.6 Å². The predicted molar refractivity (Wildman–Crippen MR) is 96.7 cm³/mol. The molecule has 24 heavy (non-hydrogen) atoms. The summed E-state index contributed by atoms with van der Waals surface area (Å²) in [5.74, 6) is 2.52. The summed E-state index contributed by atoms with van der Waals surface area (Å²) in [5.41, 5.74) is 3.31. The third-order valence-corrected chi connectivity index (χ3v) is 4.91. The van der Waals surface area contributed by atoms with Gasteiger partial charge in [-0.3, -0.25) is 0 Å². The molecule has 1 atom stereocenters. The molecule has 0 saturated carbocycles. The Morgan fingerprint density at radius 2 is 2.08 bits per heavy atom. The summed E-state index contributed by atoms with van der Waals surface area (Å²) in [5, 5.41) is 0. The Morgan fingerprint density at radius 1 is 1.17 bits per heavy atom. The highest BCUT2D eigenvalue weighted by atomic mass is 16.5. The second-order valence-corrected chi connectivity index (χ2v) is 6.61. The lowest BCUT2D eigenvalue weighted by Gasteiger charge is -2.28. The minimum atomic E-state index is 0.484. The first kappa shape index (κ1) is 15.2. The second kappa shape index (κ2) is 6.29. The van der Waals surface area contributed by atoms with Crippen molar-refractivity contribution in [2.75, 3.05) is 27.2 Å². The van der Waals surface area contributed by atoms with Crippen molar-refractivity contribution in [3.8, 4) is 17.0 Å². The van der Waals surface area contributed by atoms with E-state index in [4.69, 9.17) is 9.72 Å².